The fraction of sp³-hybridized carbons (Fsp3) is 0.222. The summed E-state index contributed by atoms with van der Waals surface area (Å²) < 4.78 is 18.9. The van der Waals surface area contributed by atoms with Gasteiger partial charge < -0.3 is 4.74 Å². The Morgan fingerprint density at radius 3 is 2.76 bits per heavy atom. The molecular weight excluding hydrogens is 287 g/mol. The average Bonchev–Trinajstić information content (AvgIpc) is 2.71. The van der Waals surface area contributed by atoms with E-state index < -0.39 is 0 Å². The highest BCUT2D eigenvalue weighted by atomic mass is 35.5. The molecule has 1 nitrogen and oxygen atoms in total. The number of allylic oxidation sites excluding steroid dienone is 1. The normalized spacial score (nSPS) is 14.1. The zero-order chi connectivity index (χ0) is 14.8. The SMILES string of the molecule is COc1ccc2c(c1)CCCC(c1ccc(Cl)c(F)c1)=[C]2. The molecule has 3 heteroatoms. The standard InChI is InChI=1S/C18H15ClFO/c1-21-16-7-5-14-9-12(3-2-4-13(14)10-16)15-6-8-17(19)18(20)11-15/h5-8,10-11H,2-4H2,1H3. The molecule has 2 aromatic rings. The van der Waals surface area contributed by atoms with Crippen LogP contribution in [0.2, 0.25) is 5.02 Å². The molecule has 0 spiro atoms. The molecule has 1 aliphatic rings. The van der Waals surface area contributed by atoms with E-state index in [4.69, 9.17) is 16.3 Å². The molecule has 0 fully saturated rings. The van der Waals surface area contributed by atoms with Crippen molar-refractivity contribution in [1.29, 1.82) is 0 Å². The summed E-state index contributed by atoms with van der Waals surface area (Å²) in [5.74, 6) is 0.471. The van der Waals surface area contributed by atoms with Gasteiger partial charge in [0.05, 0.1) is 12.1 Å². The Hall–Kier alpha value is -1.80. The third-order valence-corrected chi connectivity index (χ3v) is 4.05. The maximum absolute atomic E-state index is 13.6. The molecule has 0 aromatic heterocycles. The van der Waals surface area contributed by atoms with E-state index in [9.17, 15) is 4.39 Å². The van der Waals surface area contributed by atoms with Crippen molar-refractivity contribution in [3.8, 4) is 5.75 Å². The Balaban J connectivity index is 2.02. The topological polar surface area (TPSA) is 9.23 Å². The second-order valence-corrected chi connectivity index (χ2v) is 5.52. The number of methoxy groups -OCH3 is 1. The van der Waals surface area contributed by atoms with E-state index in [0.29, 0.717) is 0 Å². The second-order valence-electron chi connectivity index (χ2n) is 5.11. The van der Waals surface area contributed by atoms with Crippen LogP contribution >= 0.6 is 11.6 Å². The fourth-order valence-electron chi connectivity index (χ4n) is 2.61. The number of halogens is 2. The van der Waals surface area contributed by atoms with Crippen LogP contribution in [-0.2, 0) is 6.42 Å². The van der Waals surface area contributed by atoms with Gasteiger partial charge in [0.2, 0.25) is 0 Å². The summed E-state index contributed by atoms with van der Waals surface area (Å²) in [5.41, 5.74) is 4.15. The molecule has 0 N–H and O–H groups in total. The predicted molar refractivity (Wildman–Crippen MR) is 83.1 cm³/mol. The van der Waals surface area contributed by atoms with Crippen molar-refractivity contribution in [2.24, 2.45) is 0 Å². The number of rotatable bonds is 2. The van der Waals surface area contributed by atoms with Crippen LogP contribution < -0.4 is 4.74 Å². The maximum atomic E-state index is 13.6. The lowest BCUT2D eigenvalue weighted by atomic mass is 10.0. The van der Waals surface area contributed by atoms with E-state index in [1.807, 2.05) is 24.3 Å². The lowest BCUT2D eigenvalue weighted by Crippen LogP contribution is -1.90. The van der Waals surface area contributed by atoms with Gasteiger partial charge in [-0.05, 0) is 71.9 Å². The van der Waals surface area contributed by atoms with Gasteiger partial charge in [0.1, 0.15) is 11.6 Å². The van der Waals surface area contributed by atoms with Gasteiger partial charge >= 0.3 is 0 Å². The van der Waals surface area contributed by atoms with E-state index >= 15 is 0 Å². The first kappa shape index (κ1) is 14.2. The Morgan fingerprint density at radius 2 is 2.00 bits per heavy atom. The molecule has 107 valence electrons. The van der Waals surface area contributed by atoms with Crippen molar-refractivity contribution in [2.45, 2.75) is 19.3 Å². The van der Waals surface area contributed by atoms with Gasteiger partial charge in [-0.3, -0.25) is 0 Å². The highest BCUT2D eigenvalue weighted by molar-refractivity contribution is 6.30. The number of hydrogen-bond donors (Lipinski definition) is 0. The molecule has 0 saturated heterocycles. The molecule has 0 amide bonds. The lowest BCUT2D eigenvalue weighted by Gasteiger charge is -2.06. The molecule has 0 atom stereocenters. The van der Waals surface area contributed by atoms with Gasteiger partial charge in [-0.1, -0.05) is 23.7 Å². The molecule has 0 saturated carbocycles. The number of fused-ring (bicyclic) bond motifs is 1. The van der Waals surface area contributed by atoms with Gasteiger partial charge in [-0.25, -0.2) is 4.39 Å². The average molecular weight is 302 g/mol. The molecule has 21 heavy (non-hydrogen) atoms. The van der Waals surface area contributed by atoms with Crippen LogP contribution in [0.3, 0.4) is 0 Å². The van der Waals surface area contributed by atoms with Gasteiger partial charge in [0.15, 0.2) is 0 Å². The summed E-state index contributed by atoms with van der Waals surface area (Å²) in [5, 5.41) is 0.151. The first-order chi connectivity index (χ1) is 10.2. The van der Waals surface area contributed by atoms with Crippen LogP contribution in [0.4, 0.5) is 4.39 Å². The van der Waals surface area contributed by atoms with E-state index in [-0.39, 0.29) is 10.8 Å². The highest BCUT2D eigenvalue weighted by Gasteiger charge is 2.13. The molecule has 2 aromatic carbocycles. The molecule has 0 heterocycles. The minimum absolute atomic E-state index is 0.151. The zero-order valence-electron chi connectivity index (χ0n) is 11.7. The second kappa shape index (κ2) is 5.90. The monoisotopic (exact) mass is 301 g/mol. The molecule has 0 aliphatic heterocycles. The maximum Gasteiger partial charge on any atom is 0.142 e. The van der Waals surface area contributed by atoms with E-state index in [2.05, 4.69) is 6.08 Å². The van der Waals surface area contributed by atoms with Crippen molar-refractivity contribution < 1.29 is 9.13 Å². The summed E-state index contributed by atoms with van der Waals surface area (Å²) >= 11 is 5.75. The van der Waals surface area contributed by atoms with Crippen LogP contribution in [0, 0.1) is 11.9 Å². The van der Waals surface area contributed by atoms with Crippen LogP contribution in [0.5, 0.6) is 5.75 Å². The van der Waals surface area contributed by atoms with Crippen LogP contribution in [0.15, 0.2) is 36.4 Å². The first-order valence-electron chi connectivity index (χ1n) is 6.92. The first-order valence-corrected chi connectivity index (χ1v) is 7.30. The van der Waals surface area contributed by atoms with Gasteiger partial charge in [0.25, 0.3) is 0 Å². The predicted octanol–water partition coefficient (Wildman–Crippen LogP) is 5.06. The van der Waals surface area contributed by atoms with Crippen molar-refractivity contribution in [3.63, 3.8) is 0 Å². The van der Waals surface area contributed by atoms with E-state index in [1.165, 1.54) is 11.6 Å². The van der Waals surface area contributed by atoms with Crippen molar-refractivity contribution >= 4 is 17.2 Å². The molecular formula is C18H15ClFO. The summed E-state index contributed by atoms with van der Waals surface area (Å²) in [6, 6.07) is 10.9. The largest absolute Gasteiger partial charge is 0.497 e. The van der Waals surface area contributed by atoms with Crippen LogP contribution in [0.25, 0.3) is 5.57 Å². The minimum Gasteiger partial charge on any atom is -0.497 e. The lowest BCUT2D eigenvalue weighted by molar-refractivity contribution is 0.414. The zero-order valence-corrected chi connectivity index (χ0v) is 12.5. The Morgan fingerprint density at radius 1 is 1.14 bits per heavy atom. The molecule has 1 radical (unpaired) electrons. The van der Waals surface area contributed by atoms with Gasteiger partial charge in [0, 0.05) is 0 Å². The third kappa shape index (κ3) is 2.96. The minimum atomic E-state index is -0.386. The van der Waals surface area contributed by atoms with Crippen molar-refractivity contribution in [1.82, 2.24) is 0 Å². The Labute approximate surface area is 129 Å². The van der Waals surface area contributed by atoms with Gasteiger partial charge in [-0.2, -0.15) is 0 Å². The van der Waals surface area contributed by atoms with Gasteiger partial charge in [-0.15, -0.1) is 0 Å². The summed E-state index contributed by atoms with van der Waals surface area (Å²) in [6.45, 7) is 0. The molecule has 3 rings (SSSR count). The molecule has 1 aliphatic carbocycles. The quantitative estimate of drug-likeness (QED) is 0.753. The Bertz CT molecular complexity index is 706. The smallest absolute Gasteiger partial charge is 0.142 e. The van der Waals surface area contributed by atoms with E-state index in [0.717, 1.165) is 41.7 Å². The highest BCUT2D eigenvalue weighted by Crippen LogP contribution is 2.30. The van der Waals surface area contributed by atoms with Crippen LogP contribution in [-0.4, -0.2) is 7.11 Å². The summed E-state index contributed by atoms with van der Waals surface area (Å²) in [6.07, 6.45) is 6.28. The van der Waals surface area contributed by atoms with Crippen molar-refractivity contribution in [3.05, 3.63) is 70.0 Å². The number of benzene rings is 2. The number of aryl methyl sites for hydroxylation is 1. The number of hydrogen-bond acceptors (Lipinski definition) is 1. The Kier molecular flexibility index (Phi) is 3.98. The number of ether oxygens (including phenoxy) is 1. The third-order valence-electron chi connectivity index (χ3n) is 3.74. The molecule has 0 unspecified atom stereocenters. The van der Waals surface area contributed by atoms with Crippen molar-refractivity contribution in [2.75, 3.05) is 7.11 Å². The molecule has 0 bridgehead atoms. The van der Waals surface area contributed by atoms with Crippen LogP contribution in [0.1, 0.15) is 29.5 Å². The summed E-state index contributed by atoms with van der Waals surface area (Å²) in [7, 11) is 1.67. The fourth-order valence-corrected chi connectivity index (χ4v) is 2.72. The van der Waals surface area contributed by atoms with E-state index in [1.54, 1.807) is 13.2 Å². The summed E-state index contributed by atoms with van der Waals surface area (Å²) in [4.78, 5) is 0.